The number of hydrogen-bond acceptors (Lipinski definition) is 4. The van der Waals surface area contributed by atoms with Crippen LogP contribution in [-0.2, 0) is 19.8 Å². The molecule has 104 valence electrons. The number of carboxylic acids is 1. The molecule has 1 saturated heterocycles. The van der Waals surface area contributed by atoms with Gasteiger partial charge in [-0.3, -0.25) is 14.4 Å². The minimum Gasteiger partial charge on any atom is -0.481 e. The van der Waals surface area contributed by atoms with Crippen molar-refractivity contribution in [1.82, 2.24) is 0 Å². The van der Waals surface area contributed by atoms with Crippen molar-refractivity contribution in [2.75, 3.05) is 16.4 Å². The van der Waals surface area contributed by atoms with Crippen LogP contribution in [0.1, 0.15) is 18.4 Å². The highest BCUT2D eigenvalue weighted by atomic mass is 32.2. The molecule has 5 nitrogen and oxygen atoms in total. The molecule has 1 aromatic rings. The van der Waals surface area contributed by atoms with E-state index in [1.165, 1.54) is 16.7 Å². The van der Waals surface area contributed by atoms with E-state index in [1.807, 2.05) is 0 Å². The quantitative estimate of drug-likeness (QED) is 0.852. The van der Waals surface area contributed by atoms with Crippen molar-refractivity contribution in [3.05, 3.63) is 29.8 Å². The standard InChI is InChI=1S/C14H13NO4S/c16-11-7-20-8-12(17)15(11)10-3-1-9(2-4-10)14(5-6-14)13(18)19/h1-4H,5-8H2,(H,18,19). The molecule has 2 aliphatic rings. The molecular weight excluding hydrogens is 278 g/mol. The Kier molecular flexibility index (Phi) is 3.05. The minimum absolute atomic E-state index is 0.224. The van der Waals surface area contributed by atoms with Gasteiger partial charge in [-0.05, 0) is 30.5 Å². The highest BCUT2D eigenvalue weighted by Crippen LogP contribution is 2.48. The molecule has 2 amide bonds. The zero-order valence-electron chi connectivity index (χ0n) is 10.7. The van der Waals surface area contributed by atoms with Crippen molar-refractivity contribution < 1.29 is 19.5 Å². The number of carbonyl (C=O) groups is 3. The maximum Gasteiger partial charge on any atom is 0.314 e. The third-order valence-electron chi connectivity index (χ3n) is 3.79. The van der Waals surface area contributed by atoms with Gasteiger partial charge in [0.2, 0.25) is 11.8 Å². The molecule has 20 heavy (non-hydrogen) atoms. The topological polar surface area (TPSA) is 74.7 Å². The van der Waals surface area contributed by atoms with Crippen LogP contribution in [0.4, 0.5) is 5.69 Å². The fourth-order valence-electron chi connectivity index (χ4n) is 2.46. The highest BCUT2D eigenvalue weighted by molar-refractivity contribution is 8.00. The van der Waals surface area contributed by atoms with Gasteiger partial charge in [0, 0.05) is 0 Å². The molecule has 1 N–H and O–H groups in total. The second-order valence-corrected chi connectivity index (χ2v) is 6.04. The van der Waals surface area contributed by atoms with Crippen LogP contribution in [0, 0.1) is 0 Å². The van der Waals surface area contributed by atoms with E-state index in [-0.39, 0.29) is 11.8 Å². The van der Waals surface area contributed by atoms with Gasteiger partial charge < -0.3 is 5.11 Å². The lowest BCUT2D eigenvalue weighted by Gasteiger charge is -2.25. The zero-order valence-corrected chi connectivity index (χ0v) is 11.5. The largest absolute Gasteiger partial charge is 0.481 e. The predicted molar refractivity (Wildman–Crippen MR) is 74.8 cm³/mol. The Morgan fingerprint density at radius 2 is 1.65 bits per heavy atom. The van der Waals surface area contributed by atoms with E-state index >= 15 is 0 Å². The Bertz CT molecular complexity index is 576. The van der Waals surface area contributed by atoms with Crippen LogP contribution >= 0.6 is 11.8 Å². The minimum atomic E-state index is -0.813. The van der Waals surface area contributed by atoms with Gasteiger partial charge >= 0.3 is 5.97 Å². The number of benzene rings is 1. The number of nitrogens with zero attached hydrogens (tertiary/aromatic N) is 1. The van der Waals surface area contributed by atoms with E-state index in [0.29, 0.717) is 30.0 Å². The maximum absolute atomic E-state index is 11.8. The van der Waals surface area contributed by atoms with Crippen molar-refractivity contribution in [2.24, 2.45) is 0 Å². The molecule has 0 atom stereocenters. The maximum atomic E-state index is 11.8. The normalized spacial score (nSPS) is 20.9. The number of anilines is 1. The summed E-state index contributed by atoms with van der Waals surface area (Å²) >= 11 is 1.31. The molecule has 1 heterocycles. The Morgan fingerprint density at radius 1 is 1.10 bits per heavy atom. The third-order valence-corrected chi connectivity index (χ3v) is 4.69. The Labute approximate surface area is 120 Å². The Balaban J connectivity index is 1.88. The average molecular weight is 291 g/mol. The lowest BCUT2D eigenvalue weighted by atomic mass is 9.96. The van der Waals surface area contributed by atoms with Crippen molar-refractivity contribution in [2.45, 2.75) is 18.3 Å². The number of aliphatic carboxylic acids is 1. The molecular formula is C14H13NO4S. The SMILES string of the molecule is O=C1CSCC(=O)N1c1ccc(C2(C(=O)O)CC2)cc1. The average Bonchev–Trinajstić information content (AvgIpc) is 3.21. The zero-order chi connectivity index (χ0) is 14.3. The van der Waals surface area contributed by atoms with Gasteiger partial charge in [-0.2, -0.15) is 0 Å². The molecule has 0 spiro atoms. The van der Waals surface area contributed by atoms with Crippen LogP contribution < -0.4 is 4.90 Å². The number of thioether (sulfide) groups is 1. The van der Waals surface area contributed by atoms with Gasteiger partial charge in [0.05, 0.1) is 22.6 Å². The molecule has 1 aromatic carbocycles. The first-order chi connectivity index (χ1) is 9.54. The monoisotopic (exact) mass is 291 g/mol. The molecule has 0 radical (unpaired) electrons. The van der Waals surface area contributed by atoms with Gasteiger partial charge in [0.1, 0.15) is 0 Å². The lowest BCUT2D eigenvalue weighted by Crippen LogP contribution is -2.43. The number of rotatable bonds is 3. The summed E-state index contributed by atoms with van der Waals surface area (Å²) in [5.74, 6) is -0.664. The van der Waals surface area contributed by atoms with E-state index in [9.17, 15) is 19.5 Å². The molecule has 2 fully saturated rings. The summed E-state index contributed by atoms with van der Waals surface area (Å²) in [5.41, 5.74) is 0.495. The number of imide groups is 1. The fourth-order valence-corrected chi connectivity index (χ4v) is 3.17. The smallest absolute Gasteiger partial charge is 0.314 e. The number of amides is 2. The molecule has 6 heteroatoms. The van der Waals surface area contributed by atoms with E-state index in [4.69, 9.17) is 0 Å². The summed E-state index contributed by atoms with van der Waals surface area (Å²) in [5, 5.41) is 9.24. The Morgan fingerprint density at radius 3 is 2.10 bits per heavy atom. The highest BCUT2D eigenvalue weighted by Gasteiger charge is 2.51. The number of hydrogen-bond donors (Lipinski definition) is 1. The number of carboxylic acid groups (broad SMARTS) is 1. The van der Waals surface area contributed by atoms with E-state index < -0.39 is 11.4 Å². The van der Waals surface area contributed by atoms with Crippen LogP contribution in [0.5, 0.6) is 0 Å². The van der Waals surface area contributed by atoms with Crippen molar-refractivity contribution >= 4 is 35.2 Å². The second-order valence-electron chi connectivity index (χ2n) is 5.05. The van der Waals surface area contributed by atoms with Crippen molar-refractivity contribution in [3.63, 3.8) is 0 Å². The van der Waals surface area contributed by atoms with Crippen LogP contribution in [-0.4, -0.2) is 34.4 Å². The molecule has 1 aliphatic heterocycles. The molecule has 1 saturated carbocycles. The summed E-state index contributed by atoms with van der Waals surface area (Å²) in [4.78, 5) is 36.0. The van der Waals surface area contributed by atoms with Crippen LogP contribution in [0.25, 0.3) is 0 Å². The summed E-state index contributed by atoms with van der Waals surface area (Å²) < 4.78 is 0. The predicted octanol–water partition coefficient (Wildman–Crippen LogP) is 1.41. The van der Waals surface area contributed by atoms with Crippen molar-refractivity contribution in [1.29, 1.82) is 0 Å². The Hall–Kier alpha value is -1.82. The fraction of sp³-hybridized carbons (Fsp3) is 0.357. The van der Waals surface area contributed by atoms with Gasteiger partial charge in [-0.1, -0.05) is 12.1 Å². The van der Waals surface area contributed by atoms with E-state index in [1.54, 1.807) is 24.3 Å². The summed E-state index contributed by atoms with van der Waals surface area (Å²) in [6.45, 7) is 0. The first-order valence-corrected chi connectivity index (χ1v) is 7.47. The van der Waals surface area contributed by atoms with Crippen LogP contribution in [0.3, 0.4) is 0 Å². The summed E-state index contributed by atoms with van der Waals surface area (Å²) in [6, 6.07) is 6.73. The summed E-state index contributed by atoms with van der Waals surface area (Å²) in [6.07, 6.45) is 1.28. The van der Waals surface area contributed by atoms with E-state index in [0.717, 1.165) is 5.56 Å². The molecule has 0 bridgehead atoms. The molecule has 0 aromatic heterocycles. The van der Waals surface area contributed by atoms with Crippen LogP contribution in [0.2, 0.25) is 0 Å². The lowest BCUT2D eigenvalue weighted by molar-refractivity contribution is -0.140. The van der Waals surface area contributed by atoms with Crippen LogP contribution in [0.15, 0.2) is 24.3 Å². The van der Waals surface area contributed by atoms with Gasteiger partial charge in [-0.15, -0.1) is 11.8 Å². The van der Waals surface area contributed by atoms with Crippen molar-refractivity contribution in [3.8, 4) is 0 Å². The van der Waals surface area contributed by atoms with Gasteiger partial charge in [0.15, 0.2) is 0 Å². The first-order valence-electron chi connectivity index (χ1n) is 6.32. The first kappa shape index (κ1) is 13.2. The second kappa shape index (κ2) is 4.63. The van der Waals surface area contributed by atoms with Gasteiger partial charge in [-0.25, -0.2) is 4.90 Å². The number of carbonyl (C=O) groups excluding carboxylic acids is 2. The third kappa shape index (κ3) is 2.00. The molecule has 0 unspecified atom stereocenters. The molecule has 3 rings (SSSR count). The summed E-state index contributed by atoms with van der Waals surface area (Å²) in [7, 11) is 0. The molecule has 1 aliphatic carbocycles. The van der Waals surface area contributed by atoms with E-state index in [2.05, 4.69) is 0 Å². The van der Waals surface area contributed by atoms with Gasteiger partial charge in [0.25, 0.3) is 0 Å².